The molecule has 3 aromatic heterocycles. The van der Waals surface area contributed by atoms with E-state index in [-0.39, 0.29) is 0 Å². The SMILES string of the molecule is c1cc2nc(-c3ccsc3)cnc2cn1. The van der Waals surface area contributed by atoms with Gasteiger partial charge in [-0.05, 0) is 17.5 Å². The molecular formula is C11H7N3S. The Morgan fingerprint density at radius 2 is 2.07 bits per heavy atom. The van der Waals surface area contributed by atoms with Gasteiger partial charge in [0.05, 0.1) is 23.6 Å². The topological polar surface area (TPSA) is 38.7 Å². The summed E-state index contributed by atoms with van der Waals surface area (Å²) in [7, 11) is 0. The van der Waals surface area contributed by atoms with Crippen molar-refractivity contribution in [2.45, 2.75) is 0 Å². The third-order valence-electron chi connectivity index (χ3n) is 2.16. The summed E-state index contributed by atoms with van der Waals surface area (Å²) in [4.78, 5) is 12.8. The Balaban J connectivity index is 2.22. The van der Waals surface area contributed by atoms with Crippen molar-refractivity contribution in [2.24, 2.45) is 0 Å². The number of aromatic nitrogens is 3. The van der Waals surface area contributed by atoms with Gasteiger partial charge in [-0.15, -0.1) is 0 Å². The van der Waals surface area contributed by atoms with E-state index in [2.05, 4.69) is 20.3 Å². The van der Waals surface area contributed by atoms with Gasteiger partial charge in [-0.1, -0.05) is 0 Å². The van der Waals surface area contributed by atoms with Crippen molar-refractivity contribution < 1.29 is 0 Å². The van der Waals surface area contributed by atoms with Crippen molar-refractivity contribution in [3.05, 3.63) is 41.5 Å². The molecule has 0 saturated carbocycles. The first-order valence-electron chi connectivity index (χ1n) is 4.53. The first-order chi connectivity index (χ1) is 7.43. The average Bonchev–Trinajstić information content (AvgIpc) is 2.82. The summed E-state index contributed by atoms with van der Waals surface area (Å²) >= 11 is 1.66. The molecule has 0 unspecified atom stereocenters. The number of hydrogen-bond acceptors (Lipinski definition) is 4. The van der Waals surface area contributed by atoms with Crippen LogP contribution >= 0.6 is 11.3 Å². The molecule has 0 fully saturated rings. The number of fused-ring (bicyclic) bond motifs is 1. The average molecular weight is 213 g/mol. The third kappa shape index (κ3) is 1.49. The Kier molecular flexibility index (Phi) is 1.93. The predicted octanol–water partition coefficient (Wildman–Crippen LogP) is 2.75. The van der Waals surface area contributed by atoms with E-state index in [9.17, 15) is 0 Å². The summed E-state index contributed by atoms with van der Waals surface area (Å²) in [5.74, 6) is 0. The fourth-order valence-corrected chi connectivity index (χ4v) is 2.06. The summed E-state index contributed by atoms with van der Waals surface area (Å²) in [5.41, 5.74) is 3.74. The van der Waals surface area contributed by atoms with Gasteiger partial charge < -0.3 is 0 Å². The van der Waals surface area contributed by atoms with Crippen LogP contribution in [0.1, 0.15) is 0 Å². The molecule has 0 saturated heterocycles. The monoisotopic (exact) mass is 213 g/mol. The first kappa shape index (κ1) is 8.49. The molecule has 3 rings (SSSR count). The highest BCUT2D eigenvalue weighted by atomic mass is 32.1. The summed E-state index contributed by atoms with van der Waals surface area (Å²) < 4.78 is 0. The number of nitrogens with zero attached hydrogens (tertiary/aromatic N) is 3. The van der Waals surface area contributed by atoms with Crippen LogP contribution in [0.15, 0.2) is 41.5 Å². The normalized spacial score (nSPS) is 10.7. The maximum atomic E-state index is 4.52. The van der Waals surface area contributed by atoms with Crippen LogP contribution in [0.5, 0.6) is 0 Å². The van der Waals surface area contributed by atoms with E-state index in [0.29, 0.717) is 0 Å². The minimum atomic E-state index is 0.830. The first-order valence-corrected chi connectivity index (χ1v) is 5.47. The van der Waals surface area contributed by atoms with E-state index in [1.165, 1.54) is 0 Å². The maximum absolute atomic E-state index is 4.52. The second-order valence-electron chi connectivity index (χ2n) is 3.13. The number of hydrogen-bond donors (Lipinski definition) is 0. The molecule has 0 N–H and O–H groups in total. The van der Waals surface area contributed by atoms with Crippen LogP contribution in [0.4, 0.5) is 0 Å². The number of pyridine rings is 1. The molecule has 0 aliphatic carbocycles. The molecule has 0 spiro atoms. The van der Waals surface area contributed by atoms with Gasteiger partial charge in [0.1, 0.15) is 5.52 Å². The lowest BCUT2D eigenvalue weighted by molar-refractivity contribution is 1.25. The Bertz CT molecular complexity index is 590. The molecule has 0 radical (unpaired) electrons. The van der Waals surface area contributed by atoms with Gasteiger partial charge >= 0.3 is 0 Å². The fraction of sp³-hybridized carbons (Fsp3) is 0. The number of thiophene rings is 1. The van der Waals surface area contributed by atoms with Gasteiger partial charge in [-0.3, -0.25) is 9.97 Å². The lowest BCUT2D eigenvalue weighted by atomic mass is 10.2. The van der Waals surface area contributed by atoms with Gasteiger partial charge in [-0.2, -0.15) is 11.3 Å². The van der Waals surface area contributed by atoms with E-state index in [4.69, 9.17) is 0 Å². The van der Waals surface area contributed by atoms with E-state index in [1.807, 2.05) is 17.5 Å². The van der Waals surface area contributed by atoms with Gasteiger partial charge in [0, 0.05) is 17.1 Å². The highest BCUT2D eigenvalue weighted by Gasteiger charge is 2.02. The maximum Gasteiger partial charge on any atom is 0.107 e. The molecule has 0 atom stereocenters. The minimum Gasteiger partial charge on any atom is -0.262 e. The lowest BCUT2D eigenvalue weighted by Crippen LogP contribution is -1.87. The molecule has 4 heteroatoms. The van der Waals surface area contributed by atoms with Crippen molar-refractivity contribution in [3.63, 3.8) is 0 Å². The van der Waals surface area contributed by atoms with Gasteiger partial charge in [0.25, 0.3) is 0 Å². The third-order valence-corrected chi connectivity index (χ3v) is 2.84. The van der Waals surface area contributed by atoms with Crippen molar-refractivity contribution >= 4 is 22.4 Å². The smallest absolute Gasteiger partial charge is 0.107 e. The summed E-state index contributed by atoms with van der Waals surface area (Å²) in [6.45, 7) is 0. The standard InChI is InChI=1S/C11H7N3S/c1-3-12-5-11-9(1)14-10(6-13-11)8-2-4-15-7-8/h1-7H. The van der Waals surface area contributed by atoms with Gasteiger partial charge in [0.15, 0.2) is 0 Å². The largest absolute Gasteiger partial charge is 0.262 e. The fourth-order valence-electron chi connectivity index (χ4n) is 1.41. The zero-order chi connectivity index (χ0) is 10.1. The minimum absolute atomic E-state index is 0.830. The molecule has 0 bridgehead atoms. The van der Waals surface area contributed by atoms with Crippen LogP contribution in [0.3, 0.4) is 0 Å². The van der Waals surface area contributed by atoms with Crippen molar-refractivity contribution in [1.29, 1.82) is 0 Å². The Morgan fingerprint density at radius 1 is 1.07 bits per heavy atom. The second kappa shape index (κ2) is 3.40. The van der Waals surface area contributed by atoms with E-state index in [1.54, 1.807) is 29.9 Å². The van der Waals surface area contributed by atoms with Crippen LogP contribution in [0, 0.1) is 0 Å². The molecule has 72 valence electrons. The van der Waals surface area contributed by atoms with Crippen LogP contribution in [-0.4, -0.2) is 15.0 Å². The van der Waals surface area contributed by atoms with Crippen molar-refractivity contribution in [2.75, 3.05) is 0 Å². The van der Waals surface area contributed by atoms with Crippen molar-refractivity contribution in [3.8, 4) is 11.3 Å². The van der Waals surface area contributed by atoms with Crippen LogP contribution in [-0.2, 0) is 0 Å². The number of rotatable bonds is 1. The summed E-state index contributed by atoms with van der Waals surface area (Å²) in [6.07, 6.45) is 5.24. The molecule has 3 aromatic rings. The summed E-state index contributed by atoms with van der Waals surface area (Å²) in [6, 6.07) is 3.92. The zero-order valence-corrected chi connectivity index (χ0v) is 8.61. The van der Waals surface area contributed by atoms with Gasteiger partial charge in [0.2, 0.25) is 0 Å². The lowest BCUT2D eigenvalue weighted by Gasteiger charge is -1.98. The Morgan fingerprint density at radius 3 is 2.93 bits per heavy atom. The Labute approximate surface area is 90.5 Å². The molecule has 0 aromatic carbocycles. The van der Waals surface area contributed by atoms with E-state index < -0.39 is 0 Å². The molecule has 15 heavy (non-hydrogen) atoms. The quantitative estimate of drug-likeness (QED) is 0.624. The molecule has 0 amide bonds. The van der Waals surface area contributed by atoms with E-state index in [0.717, 1.165) is 22.3 Å². The highest BCUT2D eigenvalue weighted by Crippen LogP contribution is 2.20. The van der Waals surface area contributed by atoms with Crippen molar-refractivity contribution in [1.82, 2.24) is 15.0 Å². The molecule has 3 nitrogen and oxygen atoms in total. The van der Waals surface area contributed by atoms with Crippen LogP contribution in [0.25, 0.3) is 22.3 Å². The molecular weight excluding hydrogens is 206 g/mol. The molecule has 0 aliphatic rings. The summed E-state index contributed by atoms with van der Waals surface area (Å²) in [5, 5.41) is 4.10. The predicted molar refractivity (Wildman–Crippen MR) is 60.6 cm³/mol. The molecule has 0 aliphatic heterocycles. The van der Waals surface area contributed by atoms with Crippen LogP contribution < -0.4 is 0 Å². The highest BCUT2D eigenvalue weighted by molar-refractivity contribution is 7.08. The van der Waals surface area contributed by atoms with Gasteiger partial charge in [-0.25, -0.2) is 4.98 Å². The van der Waals surface area contributed by atoms with Crippen LogP contribution in [0.2, 0.25) is 0 Å². The molecule has 3 heterocycles. The second-order valence-corrected chi connectivity index (χ2v) is 3.91. The Hall–Kier alpha value is -1.81. The van der Waals surface area contributed by atoms with E-state index >= 15 is 0 Å². The zero-order valence-electron chi connectivity index (χ0n) is 7.79.